The number of carbonyl (C=O) groups excluding carboxylic acids is 1. The number of benzene rings is 3. The van der Waals surface area contributed by atoms with Crippen LogP contribution in [0.15, 0.2) is 72.8 Å². The lowest BCUT2D eigenvalue weighted by Gasteiger charge is -2.10. The van der Waals surface area contributed by atoms with Crippen LogP contribution < -0.4 is 11.1 Å². The lowest BCUT2D eigenvalue weighted by atomic mass is 9.99. The highest BCUT2D eigenvalue weighted by Gasteiger charge is 2.20. The number of nitrogens with one attached hydrogen (secondary N) is 1. The number of hydrogen-bond acceptors (Lipinski definition) is 3. The molecule has 0 aliphatic heterocycles. The zero-order chi connectivity index (χ0) is 20.9. The fraction of sp³-hybridized carbons (Fsp3) is 0.192. The Morgan fingerprint density at radius 2 is 1.63 bits per heavy atom. The first-order valence-corrected chi connectivity index (χ1v) is 10.2. The quantitative estimate of drug-likeness (QED) is 0.313. The first-order valence-electron chi connectivity index (χ1n) is 10.2. The number of carbonyl (C=O) groups is 1. The van der Waals surface area contributed by atoms with E-state index in [0.717, 1.165) is 28.8 Å². The number of hydrogen-bond donors (Lipinski definition) is 2. The lowest BCUT2D eigenvalue weighted by Crippen LogP contribution is -2.18. The molecule has 3 aromatic rings. The Morgan fingerprint density at radius 1 is 0.967 bits per heavy atom. The molecule has 0 amide bonds. The van der Waals surface area contributed by atoms with Gasteiger partial charge in [-0.1, -0.05) is 54.6 Å². The molecule has 0 spiro atoms. The molecule has 0 aromatic heterocycles. The minimum atomic E-state index is -0.241. The van der Waals surface area contributed by atoms with Crippen LogP contribution in [-0.2, 0) is 6.42 Å². The second-order valence-corrected chi connectivity index (χ2v) is 7.75. The Morgan fingerprint density at radius 3 is 2.30 bits per heavy atom. The highest BCUT2D eigenvalue weighted by molar-refractivity contribution is 5.98. The highest BCUT2D eigenvalue weighted by atomic mass is 19.1. The van der Waals surface area contributed by atoms with Gasteiger partial charge in [-0.15, -0.1) is 0 Å². The Hall–Kier alpha value is -3.24. The van der Waals surface area contributed by atoms with Gasteiger partial charge in [0, 0.05) is 30.3 Å². The number of para-hydroxylation sites is 1. The van der Waals surface area contributed by atoms with Gasteiger partial charge in [0.05, 0.1) is 0 Å². The summed E-state index contributed by atoms with van der Waals surface area (Å²) in [6.07, 6.45) is 4.79. The molecule has 3 aromatic carbocycles. The van der Waals surface area contributed by atoms with Gasteiger partial charge >= 0.3 is 0 Å². The second-order valence-electron chi connectivity index (χ2n) is 7.75. The fourth-order valence-electron chi connectivity index (χ4n) is 3.38. The number of rotatable bonds is 8. The average Bonchev–Trinajstić information content (AvgIpc) is 3.58. The third kappa shape index (κ3) is 5.22. The van der Waals surface area contributed by atoms with E-state index in [1.807, 2.05) is 48.5 Å². The molecule has 0 unspecified atom stereocenters. The van der Waals surface area contributed by atoms with E-state index in [9.17, 15) is 9.18 Å². The molecule has 3 N–H and O–H groups in total. The maximum absolute atomic E-state index is 13.3. The van der Waals surface area contributed by atoms with Crippen molar-refractivity contribution in [3.8, 4) is 0 Å². The second kappa shape index (κ2) is 9.06. The predicted molar refractivity (Wildman–Crippen MR) is 121 cm³/mol. The molecule has 0 radical (unpaired) electrons. The predicted octanol–water partition coefficient (Wildman–Crippen LogP) is 5.13. The molecule has 4 heteroatoms. The van der Waals surface area contributed by atoms with Gasteiger partial charge in [0.1, 0.15) is 5.82 Å². The molecule has 0 bridgehead atoms. The van der Waals surface area contributed by atoms with E-state index in [-0.39, 0.29) is 18.0 Å². The Kier molecular flexibility index (Phi) is 6.05. The smallest absolute Gasteiger partial charge is 0.167 e. The van der Waals surface area contributed by atoms with Crippen LogP contribution >= 0.6 is 0 Å². The van der Waals surface area contributed by atoms with Crippen LogP contribution in [0.5, 0.6) is 0 Å². The minimum Gasteiger partial charge on any atom is -0.398 e. The van der Waals surface area contributed by atoms with Gasteiger partial charge in [0.25, 0.3) is 0 Å². The van der Waals surface area contributed by atoms with E-state index in [1.54, 1.807) is 12.1 Å². The van der Waals surface area contributed by atoms with Crippen molar-refractivity contribution in [1.29, 1.82) is 0 Å². The number of nitrogens with two attached hydrogens (primary N) is 1. The summed E-state index contributed by atoms with van der Waals surface area (Å²) in [5, 5.41) is 3.52. The molecule has 152 valence electrons. The molecular formula is C26H25FN2O. The van der Waals surface area contributed by atoms with Gasteiger partial charge in [0.15, 0.2) is 5.78 Å². The van der Waals surface area contributed by atoms with Crippen LogP contribution in [0.3, 0.4) is 0 Å². The topological polar surface area (TPSA) is 55.1 Å². The Labute approximate surface area is 176 Å². The van der Waals surface area contributed by atoms with Crippen LogP contribution in [0.4, 0.5) is 10.1 Å². The van der Waals surface area contributed by atoms with E-state index in [2.05, 4.69) is 11.4 Å². The maximum atomic E-state index is 13.3. The number of ketones is 1. The molecule has 4 rings (SSSR count). The molecule has 3 nitrogen and oxygen atoms in total. The first-order chi connectivity index (χ1) is 14.6. The van der Waals surface area contributed by atoms with E-state index in [4.69, 9.17) is 5.73 Å². The van der Waals surface area contributed by atoms with Crippen LogP contribution in [-0.4, -0.2) is 18.4 Å². The van der Waals surface area contributed by atoms with Gasteiger partial charge < -0.3 is 11.1 Å². The molecule has 30 heavy (non-hydrogen) atoms. The van der Waals surface area contributed by atoms with Crippen LogP contribution in [0.1, 0.15) is 39.9 Å². The minimum absolute atomic E-state index is 0.0394. The zero-order valence-corrected chi connectivity index (χ0v) is 16.8. The highest BCUT2D eigenvalue weighted by Crippen LogP contribution is 2.23. The summed E-state index contributed by atoms with van der Waals surface area (Å²) in [6, 6.07) is 22.2. The number of Topliss-reactive ketones (excluding diaryl/α,β-unsaturated/α-hetero) is 1. The van der Waals surface area contributed by atoms with Gasteiger partial charge in [-0.2, -0.15) is 0 Å². The Bertz CT molecular complexity index is 1050. The van der Waals surface area contributed by atoms with Crippen molar-refractivity contribution in [1.82, 2.24) is 5.32 Å². The van der Waals surface area contributed by atoms with Crippen molar-refractivity contribution in [2.75, 3.05) is 12.3 Å². The molecule has 0 atom stereocenters. The van der Waals surface area contributed by atoms with Crippen LogP contribution in [0.25, 0.3) is 11.6 Å². The summed E-state index contributed by atoms with van der Waals surface area (Å²) in [5.74, 6) is -0.201. The van der Waals surface area contributed by atoms with E-state index in [1.165, 1.54) is 25.0 Å². The van der Waals surface area contributed by atoms with E-state index in [0.29, 0.717) is 17.3 Å². The summed E-state index contributed by atoms with van der Waals surface area (Å²) in [5.41, 5.74) is 11.2. The van der Waals surface area contributed by atoms with Crippen molar-refractivity contribution in [3.63, 3.8) is 0 Å². The third-order valence-electron chi connectivity index (χ3n) is 5.35. The Balaban J connectivity index is 1.51. The molecule has 0 heterocycles. The van der Waals surface area contributed by atoms with Crippen molar-refractivity contribution in [2.45, 2.75) is 25.3 Å². The monoisotopic (exact) mass is 400 g/mol. The molecule has 0 saturated heterocycles. The normalized spacial score (nSPS) is 14.0. The molecule has 1 aliphatic carbocycles. The summed E-state index contributed by atoms with van der Waals surface area (Å²) in [7, 11) is 0. The van der Waals surface area contributed by atoms with Crippen molar-refractivity contribution in [3.05, 3.63) is 101 Å². The van der Waals surface area contributed by atoms with Crippen molar-refractivity contribution in [2.24, 2.45) is 0 Å². The largest absolute Gasteiger partial charge is 0.398 e. The number of anilines is 1. The van der Waals surface area contributed by atoms with E-state index < -0.39 is 0 Å². The molecule has 1 fully saturated rings. The molecular weight excluding hydrogens is 375 g/mol. The summed E-state index contributed by atoms with van der Waals surface area (Å²) >= 11 is 0. The van der Waals surface area contributed by atoms with Crippen molar-refractivity contribution < 1.29 is 9.18 Å². The summed E-state index contributed by atoms with van der Waals surface area (Å²) in [6.45, 7) is 0.726. The van der Waals surface area contributed by atoms with Gasteiger partial charge in [-0.25, -0.2) is 4.39 Å². The van der Waals surface area contributed by atoms with Gasteiger partial charge in [-0.3, -0.25) is 4.79 Å². The van der Waals surface area contributed by atoms with Crippen LogP contribution in [0, 0.1) is 5.82 Å². The average molecular weight is 400 g/mol. The number of nitrogen functional groups attached to an aromatic ring is 1. The van der Waals surface area contributed by atoms with Crippen molar-refractivity contribution >= 4 is 23.1 Å². The third-order valence-corrected chi connectivity index (χ3v) is 5.35. The zero-order valence-electron chi connectivity index (χ0n) is 16.8. The summed E-state index contributed by atoms with van der Waals surface area (Å²) in [4.78, 5) is 12.6. The number of halogens is 1. The van der Waals surface area contributed by atoms with Crippen LogP contribution in [0.2, 0.25) is 0 Å². The lowest BCUT2D eigenvalue weighted by molar-refractivity contribution is 0.0993. The van der Waals surface area contributed by atoms with Gasteiger partial charge in [-0.05, 0) is 59.4 Å². The first kappa shape index (κ1) is 20.0. The van der Waals surface area contributed by atoms with E-state index >= 15 is 0 Å². The van der Waals surface area contributed by atoms with Gasteiger partial charge in [0.2, 0.25) is 0 Å². The molecule has 1 aliphatic rings. The fourth-order valence-corrected chi connectivity index (χ4v) is 3.38. The molecule has 1 saturated carbocycles. The summed E-state index contributed by atoms with van der Waals surface area (Å²) < 4.78 is 13.3. The standard InChI is InChI=1S/C26H25FN2O/c27-23-11-9-19(10-12-23)22(17-29-24-13-14-24)15-18-5-7-20(8-6-18)26(30)16-21-3-1-2-4-25(21)28/h1-12,15,24,29H,13-14,16-17,28H2/b22-15-. The SMILES string of the molecule is Nc1ccccc1CC(=O)c1ccc(/C=C(/CNC2CC2)c2ccc(F)cc2)cc1. The maximum Gasteiger partial charge on any atom is 0.167 e.